The molecule has 39 heavy (non-hydrogen) atoms. The van der Waals surface area contributed by atoms with Crippen LogP contribution in [0, 0.1) is 6.92 Å². The number of ether oxygens (including phenoxy) is 2. The molecule has 2 aromatic carbocycles. The number of methoxy groups -OCH3 is 1. The van der Waals surface area contributed by atoms with Crippen LogP contribution in [-0.4, -0.2) is 37.6 Å². The summed E-state index contributed by atoms with van der Waals surface area (Å²) in [5.41, 5.74) is 4.64. The molecule has 11 heteroatoms. The Morgan fingerprint density at radius 1 is 1.10 bits per heavy atom. The summed E-state index contributed by atoms with van der Waals surface area (Å²) in [5, 5.41) is 2.63. The van der Waals surface area contributed by atoms with Gasteiger partial charge in [0.05, 0.1) is 25.9 Å². The van der Waals surface area contributed by atoms with Crippen LogP contribution in [0.5, 0.6) is 5.88 Å². The molecule has 1 amide bonds. The first kappa shape index (κ1) is 28.4. The Labute approximate surface area is 222 Å². The van der Waals surface area contributed by atoms with Crippen molar-refractivity contribution in [2.75, 3.05) is 25.6 Å². The minimum absolute atomic E-state index is 0.0626. The Morgan fingerprint density at radius 3 is 2.31 bits per heavy atom. The summed E-state index contributed by atoms with van der Waals surface area (Å²) in [6.45, 7) is 4.52. The van der Waals surface area contributed by atoms with Crippen molar-refractivity contribution >= 4 is 11.6 Å². The Morgan fingerprint density at radius 2 is 1.77 bits per heavy atom. The molecule has 208 valence electrons. The number of hydrogen-bond donors (Lipinski definition) is 2. The third-order valence-corrected chi connectivity index (χ3v) is 6.79. The Kier molecular flexibility index (Phi) is 7.44. The number of anilines is 1. The molecule has 0 radical (unpaired) electrons. The highest BCUT2D eigenvalue weighted by atomic mass is 19.4. The van der Waals surface area contributed by atoms with Crippen LogP contribution in [0.1, 0.15) is 46.5 Å². The molecule has 0 atom stereocenters. The minimum Gasteiger partial charge on any atom is -0.481 e. The van der Waals surface area contributed by atoms with Gasteiger partial charge in [0.2, 0.25) is 5.88 Å². The highest BCUT2D eigenvalue weighted by Gasteiger charge is 2.51. The third-order valence-electron chi connectivity index (χ3n) is 6.79. The molecule has 6 nitrogen and oxygen atoms in total. The molecular formula is C28H28F5N3O3. The van der Waals surface area contributed by atoms with Crippen molar-refractivity contribution in [3.8, 4) is 17.0 Å². The number of nitrogens with two attached hydrogens (primary N) is 1. The number of pyridine rings is 1. The van der Waals surface area contributed by atoms with Gasteiger partial charge >= 0.3 is 6.18 Å². The number of benzene rings is 2. The lowest BCUT2D eigenvalue weighted by Crippen LogP contribution is -2.52. The molecule has 0 bridgehead atoms. The van der Waals surface area contributed by atoms with Crippen molar-refractivity contribution in [1.29, 1.82) is 0 Å². The van der Waals surface area contributed by atoms with Gasteiger partial charge < -0.3 is 20.5 Å². The predicted molar refractivity (Wildman–Crippen MR) is 136 cm³/mol. The molecule has 1 aliphatic rings. The number of carbonyl (C=O) groups is 1. The van der Waals surface area contributed by atoms with Crippen molar-refractivity contribution in [3.63, 3.8) is 0 Å². The zero-order valence-corrected chi connectivity index (χ0v) is 21.7. The van der Waals surface area contributed by atoms with E-state index in [9.17, 15) is 26.7 Å². The van der Waals surface area contributed by atoms with Crippen LogP contribution in [0.4, 0.5) is 27.6 Å². The number of hydrogen-bond acceptors (Lipinski definition) is 5. The van der Waals surface area contributed by atoms with E-state index in [1.807, 2.05) is 0 Å². The molecule has 1 aromatic heterocycles. The van der Waals surface area contributed by atoms with Crippen LogP contribution in [0.3, 0.4) is 0 Å². The van der Waals surface area contributed by atoms with Crippen LogP contribution in [-0.2, 0) is 21.9 Å². The monoisotopic (exact) mass is 549 g/mol. The van der Waals surface area contributed by atoms with E-state index in [1.165, 1.54) is 19.4 Å². The van der Waals surface area contributed by atoms with Gasteiger partial charge in [-0.25, -0.2) is 13.8 Å². The number of nitrogens with zero attached hydrogens (tertiary/aromatic N) is 1. The first-order valence-electron chi connectivity index (χ1n) is 12.0. The molecule has 0 aliphatic carbocycles. The van der Waals surface area contributed by atoms with Crippen LogP contribution < -0.4 is 15.8 Å². The minimum atomic E-state index is -4.67. The summed E-state index contributed by atoms with van der Waals surface area (Å²) in [4.78, 5) is 17.3. The Hall–Kier alpha value is -3.57. The predicted octanol–water partition coefficient (Wildman–Crippen LogP) is 6.06. The largest absolute Gasteiger partial charge is 0.481 e. The molecule has 1 aliphatic heterocycles. The lowest BCUT2D eigenvalue weighted by atomic mass is 9.78. The summed E-state index contributed by atoms with van der Waals surface area (Å²) in [5.74, 6) is -0.703. The zero-order chi connectivity index (χ0) is 28.8. The number of alkyl halides is 5. The SMILES string of the molecule is COc1ncc(-c2cc(NC(=O)c3cc(C(C)(C)N)cc(C(F)(F)F)c3)ccc2C)cc1C1(C(F)F)COC1. The van der Waals surface area contributed by atoms with E-state index >= 15 is 0 Å². The molecule has 3 aromatic rings. The van der Waals surface area contributed by atoms with E-state index in [1.54, 1.807) is 45.0 Å². The zero-order valence-electron chi connectivity index (χ0n) is 21.7. The van der Waals surface area contributed by atoms with E-state index < -0.39 is 35.0 Å². The van der Waals surface area contributed by atoms with Crippen molar-refractivity contribution < 1.29 is 36.2 Å². The fourth-order valence-electron chi connectivity index (χ4n) is 4.35. The van der Waals surface area contributed by atoms with Gasteiger partial charge in [0.25, 0.3) is 12.3 Å². The fourth-order valence-corrected chi connectivity index (χ4v) is 4.35. The van der Waals surface area contributed by atoms with Gasteiger partial charge in [0.15, 0.2) is 0 Å². The molecule has 3 N–H and O–H groups in total. The highest BCUT2D eigenvalue weighted by molar-refractivity contribution is 6.05. The molecule has 0 spiro atoms. The summed E-state index contributed by atoms with van der Waals surface area (Å²) in [6.07, 6.45) is -5.91. The first-order chi connectivity index (χ1) is 18.2. The van der Waals surface area contributed by atoms with Crippen LogP contribution in [0.2, 0.25) is 0 Å². The number of carbonyl (C=O) groups excluding carboxylic acids is 1. The molecule has 1 fully saturated rings. The number of halogens is 5. The van der Waals surface area contributed by atoms with Crippen LogP contribution in [0.15, 0.2) is 48.7 Å². The average Bonchev–Trinajstić information content (AvgIpc) is 2.83. The quantitative estimate of drug-likeness (QED) is 0.350. The first-order valence-corrected chi connectivity index (χ1v) is 12.0. The molecular weight excluding hydrogens is 521 g/mol. The van der Waals surface area contributed by atoms with E-state index in [0.29, 0.717) is 16.8 Å². The van der Waals surface area contributed by atoms with E-state index in [4.69, 9.17) is 15.2 Å². The second kappa shape index (κ2) is 10.2. The second-order valence-electron chi connectivity index (χ2n) is 10.2. The average molecular weight is 550 g/mol. The second-order valence-corrected chi connectivity index (χ2v) is 10.2. The topological polar surface area (TPSA) is 86.5 Å². The normalized spacial score (nSPS) is 15.2. The van der Waals surface area contributed by atoms with Crippen molar-refractivity contribution in [3.05, 3.63) is 76.5 Å². The van der Waals surface area contributed by atoms with Crippen molar-refractivity contribution in [1.82, 2.24) is 4.98 Å². The Balaban J connectivity index is 1.71. The van der Waals surface area contributed by atoms with Gasteiger partial charge in [-0.05, 0) is 73.9 Å². The fraction of sp³-hybridized carbons (Fsp3) is 0.357. The standard InChI is InChI=1S/C28H28F5N3O3/c1-15-5-6-20(36-23(37)16-7-18(26(2,3)34)10-19(8-16)28(31,32)33)11-21(15)17-9-22(24(38-4)35-12-17)27(25(29)30)13-39-14-27/h5-12,25H,13-14,34H2,1-4H3,(H,36,37). The van der Waals surface area contributed by atoms with Gasteiger partial charge in [-0.1, -0.05) is 6.07 Å². The number of nitrogens with one attached hydrogen (secondary N) is 1. The van der Waals surface area contributed by atoms with Gasteiger partial charge in [0, 0.05) is 34.1 Å². The molecule has 0 unspecified atom stereocenters. The molecule has 0 saturated carbocycles. The Bertz CT molecular complexity index is 1360. The maximum absolute atomic E-state index is 14.0. The molecule has 1 saturated heterocycles. The maximum atomic E-state index is 14.0. The number of rotatable bonds is 7. The molecule has 4 rings (SSSR count). The van der Waals surface area contributed by atoms with E-state index in [2.05, 4.69) is 10.3 Å². The van der Waals surface area contributed by atoms with Gasteiger partial charge in [-0.2, -0.15) is 13.2 Å². The smallest absolute Gasteiger partial charge is 0.416 e. The maximum Gasteiger partial charge on any atom is 0.416 e. The van der Waals surface area contributed by atoms with Crippen LogP contribution in [0.25, 0.3) is 11.1 Å². The summed E-state index contributed by atoms with van der Waals surface area (Å²) < 4.78 is 79.0. The molecule has 2 heterocycles. The van der Waals surface area contributed by atoms with E-state index in [0.717, 1.165) is 17.7 Å². The van der Waals surface area contributed by atoms with Crippen molar-refractivity contribution in [2.24, 2.45) is 5.73 Å². The van der Waals surface area contributed by atoms with Gasteiger partial charge in [0.1, 0.15) is 5.41 Å². The third kappa shape index (κ3) is 5.60. The lowest BCUT2D eigenvalue weighted by Gasteiger charge is -2.41. The number of aryl methyl sites for hydroxylation is 1. The summed E-state index contributed by atoms with van der Waals surface area (Å²) in [6, 6.07) is 9.48. The van der Waals surface area contributed by atoms with Gasteiger partial charge in [-0.15, -0.1) is 0 Å². The summed E-state index contributed by atoms with van der Waals surface area (Å²) >= 11 is 0. The van der Waals surface area contributed by atoms with Gasteiger partial charge in [-0.3, -0.25) is 4.79 Å². The summed E-state index contributed by atoms with van der Waals surface area (Å²) in [7, 11) is 1.34. The van der Waals surface area contributed by atoms with E-state index in [-0.39, 0.29) is 35.8 Å². The lowest BCUT2D eigenvalue weighted by molar-refractivity contribution is -0.137. The number of aromatic nitrogens is 1. The van der Waals surface area contributed by atoms with Crippen molar-refractivity contribution in [2.45, 2.75) is 44.3 Å². The number of amides is 1. The highest BCUT2D eigenvalue weighted by Crippen LogP contribution is 2.43. The van der Waals surface area contributed by atoms with Crippen LogP contribution >= 0.6 is 0 Å².